The number of aryl methyl sites for hydroxylation is 1. The molecule has 3 rings (SSSR count). The summed E-state index contributed by atoms with van der Waals surface area (Å²) in [5.41, 5.74) is 3.69. The highest BCUT2D eigenvalue weighted by Crippen LogP contribution is 2.39. The van der Waals surface area contributed by atoms with E-state index in [4.69, 9.17) is 4.52 Å². The largest absolute Gasteiger partial charge is 0.348 e. The minimum absolute atomic E-state index is 0.0568. The lowest BCUT2D eigenvalue weighted by Gasteiger charge is -2.30. The predicted octanol–water partition coefficient (Wildman–Crippen LogP) is 3.41. The lowest BCUT2D eigenvalue weighted by Crippen LogP contribution is -2.30. The number of hydrogen-bond donors (Lipinski definition) is 1. The van der Waals surface area contributed by atoms with Crippen molar-refractivity contribution in [3.63, 3.8) is 0 Å². The average Bonchev–Trinajstić information content (AvgIpc) is 3.17. The van der Waals surface area contributed by atoms with E-state index in [9.17, 15) is 9.59 Å². The van der Waals surface area contributed by atoms with Gasteiger partial charge in [-0.2, -0.15) is 4.98 Å². The van der Waals surface area contributed by atoms with E-state index in [2.05, 4.69) is 47.7 Å². The van der Waals surface area contributed by atoms with Crippen molar-refractivity contribution < 1.29 is 14.1 Å². The summed E-state index contributed by atoms with van der Waals surface area (Å²) in [5.74, 6) is 1.48. The van der Waals surface area contributed by atoms with E-state index in [0.717, 1.165) is 35.5 Å². The van der Waals surface area contributed by atoms with Gasteiger partial charge in [-0.25, -0.2) is 0 Å². The zero-order valence-corrected chi connectivity index (χ0v) is 18.4. The zero-order chi connectivity index (χ0) is 21.3. The van der Waals surface area contributed by atoms with Crippen molar-refractivity contribution in [1.29, 1.82) is 0 Å². The Balaban J connectivity index is 1.84. The molecular weight excluding hydrogens is 368 g/mol. The molecule has 2 heterocycles. The summed E-state index contributed by atoms with van der Waals surface area (Å²) >= 11 is 0. The maximum atomic E-state index is 13.0. The van der Waals surface area contributed by atoms with E-state index in [1.54, 1.807) is 0 Å². The van der Waals surface area contributed by atoms with Crippen LogP contribution in [0.3, 0.4) is 0 Å². The number of fused-ring (bicyclic) bond motifs is 1. The van der Waals surface area contributed by atoms with Gasteiger partial charge in [-0.05, 0) is 30.2 Å². The molecule has 1 aliphatic carbocycles. The molecule has 0 fully saturated rings. The van der Waals surface area contributed by atoms with E-state index in [1.807, 2.05) is 13.8 Å². The third kappa shape index (κ3) is 4.60. The molecule has 0 atom stereocenters. The molecule has 29 heavy (non-hydrogen) atoms. The van der Waals surface area contributed by atoms with Crippen LogP contribution in [0, 0.1) is 18.3 Å². The van der Waals surface area contributed by atoms with Gasteiger partial charge in [0.1, 0.15) is 0 Å². The van der Waals surface area contributed by atoms with Gasteiger partial charge < -0.3 is 14.4 Å². The van der Waals surface area contributed by atoms with Gasteiger partial charge in [0, 0.05) is 36.3 Å². The fourth-order valence-electron chi connectivity index (χ4n) is 4.14. The first-order chi connectivity index (χ1) is 13.6. The van der Waals surface area contributed by atoms with Gasteiger partial charge in [-0.15, -0.1) is 0 Å². The van der Waals surface area contributed by atoms with Crippen LogP contribution >= 0.6 is 0 Å². The van der Waals surface area contributed by atoms with Gasteiger partial charge in [0.05, 0.1) is 13.0 Å². The number of nitrogens with zero attached hydrogens (tertiary/aromatic N) is 3. The Morgan fingerprint density at radius 1 is 1.31 bits per heavy atom. The van der Waals surface area contributed by atoms with Crippen LogP contribution in [0.15, 0.2) is 4.52 Å². The van der Waals surface area contributed by atoms with Gasteiger partial charge in [0.25, 0.3) is 0 Å². The van der Waals surface area contributed by atoms with E-state index in [0.29, 0.717) is 30.5 Å². The normalized spacial score (nSPS) is 15.6. The molecule has 0 aliphatic heterocycles. The molecule has 0 radical (unpaired) electrons. The second kappa shape index (κ2) is 8.13. The highest BCUT2D eigenvalue weighted by Gasteiger charge is 2.37. The molecule has 2 aromatic heterocycles. The van der Waals surface area contributed by atoms with Crippen LogP contribution in [0.2, 0.25) is 0 Å². The van der Waals surface area contributed by atoms with Crippen LogP contribution in [0.5, 0.6) is 0 Å². The molecule has 158 valence electrons. The fraction of sp³-hybridized carbons (Fsp3) is 0.636. The van der Waals surface area contributed by atoms with E-state index >= 15 is 0 Å². The Hall–Kier alpha value is -2.44. The average molecular weight is 401 g/mol. The van der Waals surface area contributed by atoms with Crippen LogP contribution in [0.4, 0.5) is 0 Å². The van der Waals surface area contributed by atoms with Crippen molar-refractivity contribution in [2.45, 2.75) is 80.3 Å². The van der Waals surface area contributed by atoms with E-state index in [1.165, 1.54) is 0 Å². The fourth-order valence-corrected chi connectivity index (χ4v) is 4.14. The number of aromatic nitrogens is 3. The molecule has 0 saturated carbocycles. The maximum Gasteiger partial charge on any atom is 0.226 e. The Bertz CT molecular complexity index is 921. The summed E-state index contributed by atoms with van der Waals surface area (Å²) in [5, 5.41) is 6.72. The molecule has 2 aromatic rings. The predicted molar refractivity (Wildman–Crippen MR) is 110 cm³/mol. The lowest BCUT2D eigenvalue weighted by molar-refractivity contribution is -0.120. The van der Waals surface area contributed by atoms with Crippen molar-refractivity contribution in [3.8, 4) is 0 Å². The van der Waals surface area contributed by atoms with E-state index in [-0.39, 0.29) is 30.1 Å². The van der Waals surface area contributed by atoms with Crippen molar-refractivity contribution >= 4 is 11.7 Å². The van der Waals surface area contributed by atoms with Crippen LogP contribution in [-0.4, -0.2) is 26.4 Å². The number of amides is 1. The molecule has 0 aromatic carbocycles. The maximum absolute atomic E-state index is 13.0. The van der Waals surface area contributed by atoms with Crippen molar-refractivity contribution in [1.82, 2.24) is 20.0 Å². The summed E-state index contributed by atoms with van der Waals surface area (Å²) in [6.45, 7) is 13.6. The van der Waals surface area contributed by atoms with Gasteiger partial charge >= 0.3 is 0 Å². The van der Waals surface area contributed by atoms with Crippen LogP contribution in [0.1, 0.15) is 80.1 Å². The molecule has 0 unspecified atom stereocenters. The van der Waals surface area contributed by atoms with Gasteiger partial charge in [0.15, 0.2) is 11.6 Å². The number of nitrogens with one attached hydrogen (secondary N) is 1. The molecule has 0 bridgehead atoms. The van der Waals surface area contributed by atoms with Crippen LogP contribution in [-0.2, 0) is 37.1 Å². The summed E-state index contributed by atoms with van der Waals surface area (Å²) in [6, 6.07) is 0. The van der Waals surface area contributed by atoms with Gasteiger partial charge in [-0.3, -0.25) is 9.59 Å². The highest BCUT2D eigenvalue weighted by atomic mass is 16.5. The van der Waals surface area contributed by atoms with Gasteiger partial charge in [0.2, 0.25) is 11.8 Å². The molecule has 7 heteroatoms. The summed E-state index contributed by atoms with van der Waals surface area (Å²) in [4.78, 5) is 29.8. The number of hydrogen-bond acceptors (Lipinski definition) is 5. The first kappa shape index (κ1) is 21.3. The monoisotopic (exact) mass is 400 g/mol. The number of rotatable bonds is 7. The minimum Gasteiger partial charge on any atom is -0.348 e. The van der Waals surface area contributed by atoms with E-state index < -0.39 is 0 Å². The second-order valence-corrected chi connectivity index (χ2v) is 9.24. The number of ketones is 1. The number of Topliss-reactive ketones (excluding diaryl/α,β-unsaturated/α-hetero) is 1. The second-order valence-electron chi connectivity index (χ2n) is 9.24. The summed E-state index contributed by atoms with van der Waals surface area (Å²) in [6.07, 6.45) is 2.21. The standard InChI is InChI=1S/C22H32N4O3/c1-7-20-24-18(25-29-20)11-23-19(28)8-15-14(4)26(12-13(2)3)16-9-22(5,6)10-17(27)21(15)16/h13H,7-12H2,1-6H3,(H,23,28). The van der Waals surface area contributed by atoms with Crippen molar-refractivity contribution in [3.05, 3.63) is 34.2 Å². The Morgan fingerprint density at radius 3 is 2.66 bits per heavy atom. The molecule has 1 amide bonds. The molecular formula is C22H32N4O3. The smallest absolute Gasteiger partial charge is 0.226 e. The molecule has 1 aliphatic rings. The Labute approximate surface area is 172 Å². The van der Waals surface area contributed by atoms with Crippen LogP contribution in [0.25, 0.3) is 0 Å². The van der Waals surface area contributed by atoms with Crippen molar-refractivity contribution in [2.24, 2.45) is 11.3 Å². The molecule has 0 saturated heterocycles. The molecule has 1 N–H and O–H groups in total. The quantitative estimate of drug-likeness (QED) is 0.769. The lowest BCUT2D eigenvalue weighted by atomic mass is 9.75. The molecule has 0 spiro atoms. The topological polar surface area (TPSA) is 90.0 Å². The Morgan fingerprint density at radius 2 is 2.03 bits per heavy atom. The highest BCUT2D eigenvalue weighted by molar-refractivity contribution is 6.01. The SMILES string of the molecule is CCc1nc(CNC(=O)Cc2c3c(n(CC(C)C)c2C)CC(C)(C)CC3=O)no1. The minimum atomic E-state index is -0.141. The number of carbonyl (C=O) groups is 2. The first-order valence-corrected chi connectivity index (χ1v) is 10.4. The van der Waals surface area contributed by atoms with Crippen LogP contribution < -0.4 is 5.32 Å². The first-order valence-electron chi connectivity index (χ1n) is 10.4. The summed E-state index contributed by atoms with van der Waals surface area (Å²) < 4.78 is 7.33. The molecule has 7 nitrogen and oxygen atoms in total. The van der Waals surface area contributed by atoms with Crippen molar-refractivity contribution in [2.75, 3.05) is 0 Å². The summed E-state index contributed by atoms with van der Waals surface area (Å²) in [7, 11) is 0. The third-order valence-electron chi connectivity index (χ3n) is 5.46. The Kier molecular flexibility index (Phi) is 5.96. The van der Waals surface area contributed by atoms with Gasteiger partial charge in [-0.1, -0.05) is 39.8 Å². The zero-order valence-electron chi connectivity index (χ0n) is 18.4. The third-order valence-corrected chi connectivity index (χ3v) is 5.46. The number of carbonyl (C=O) groups excluding carboxylic acids is 2.